The molecule has 0 spiro atoms. The fraction of sp³-hybridized carbons (Fsp3) is 0.324. The first-order valence-electron chi connectivity index (χ1n) is 16.0. The Hall–Kier alpha value is -5.54. The highest BCUT2D eigenvalue weighted by molar-refractivity contribution is 6.17. The van der Waals surface area contributed by atoms with Gasteiger partial charge in [-0.05, 0) is 51.4 Å². The number of amides is 5. The van der Waals surface area contributed by atoms with Gasteiger partial charge in [0, 0.05) is 31.1 Å². The first kappa shape index (κ1) is 37.3. The third-order valence-electron chi connectivity index (χ3n) is 8.06. The van der Waals surface area contributed by atoms with Gasteiger partial charge in [-0.2, -0.15) is 0 Å². The molecule has 262 valence electrons. The molecule has 1 unspecified atom stereocenters. The van der Waals surface area contributed by atoms with Gasteiger partial charge < -0.3 is 35.6 Å². The molecule has 13 heteroatoms. The quantitative estimate of drug-likeness (QED) is 0.144. The summed E-state index contributed by atoms with van der Waals surface area (Å²) in [5.41, 5.74) is 6.42. The minimum absolute atomic E-state index is 0.0726. The molecule has 1 atom stereocenters. The van der Waals surface area contributed by atoms with E-state index in [9.17, 15) is 24.0 Å². The average molecular weight is 702 g/mol. The van der Waals surface area contributed by atoms with E-state index in [2.05, 4.69) is 56.2 Å². The molecule has 0 aliphatic heterocycles. The zero-order valence-corrected chi connectivity index (χ0v) is 28.8. The number of hydrogen-bond donors (Lipinski definition) is 4. The van der Waals surface area contributed by atoms with E-state index >= 15 is 0 Å². The van der Waals surface area contributed by atoms with E-state index < -0.39 is 42.5 Å². The number of nitrogens with zero attached hydrogens (tertiary/aromatic N) is 1. The molecule has 12 nitrogen and oxygen atoms in total. The number of anilines is 1. The largest absolute Gasteiger partial charge is 0.448 e. The SMILES string of the molecule is C#CCOC(=O)NCC(=O)NC(C(=O)NCC(=O)Nc1ccc(CCl)c(CN(C)C(=O)OCC2c3ccccc3-c3ccccc32)c1)C(C)C. The van der Waals surface area contributed by atoms with Gasteiger partial charge in [-0.3, -0.25) is 14.4 Å². The number of terminal acetylenes is 1. The lowest BCUT2D eigenvalue weighted by Crippen LogP contribution is -2.52. The molecule has 0 bridgehead atoms. The van der Waals surface area contributed by atoms with E-state index in [0.717, 1.165) is 27.8 Å². The third kappa shape index (κ3) is 9.76. The Balaban J connectivity index is 1.29. The fourth-order valence-electron chi connectivity index (χ4n) is 5.56. The second-order valence-corrected chi connectivity index (χ2v) is 12.2. The number of ether oxygens (including phenoxy) is 2. The molecular weight excluding hydrogens is 662 g/mol. The highest BCUT2D eigenvalue weighted by Crippen LogP contribution is 2.44. The first-order chi connectivity index (χ1) is 24.0. The van der Waals surface area contributed by atoms with Crippen LogP contribution in [-0.4, -0.2) is 74.2 Å². The van der Waals surface area contributed by atoms with E-state index in [1.165, 1.54) is 4.90 Å². The van der Waals surface area contributed by atoms with Crippen LogP contribution in [0.2, 0.25) is 0 Å². The summed E-state index contributed by atoms with van der Waals surface area (Å²) < 4.78 is 10.4. The number of fused-ring (bicyclic) bond motifs is 3. The summed E-state index contributed by atoms with van der Waals surface area (Å²) in [7, 11) is 1.63. The van der Waals surface area contributed by atoms with Gasteiger partial charge in [0.15, 0.2) is 6.61 Å². The van der Waals surface area contributed by atoms with Crippen molar-refractivity contribution in [2.24, 2.45) is 5.92 Å². The maximum atomic E-state index is 13.1. The molecule has 5 amide bonds. The van der Waals surface area contributed by atoms with Crippen LogP contribution < -0.4 is 21.3 Å². The van der Waals surface area contributed by atoms with E-state index in [1.807, 2.05) is 24.3 Å². The molecule has 0 fully saturated rings. The topological polar surface area (TPSA) is 155 Å². The molecule has 0 saturated heterocycles. The Morgan fingerprint density at radius 2 is 1.52 bits per heavy atom. The highest BCUT2D eigenvalue weighted by Gasteiger charge is 2.30. The predicted molar refractivity (Wildman–Crippen MR) is 189 cm³/mol. The van der Waals surface area contributed by atoms with E-state index in [1.54, 1.807) is 39.1 Å². The molecular formula is C37H40ClN5O7. The summed E-state index contributed by atoms with van der Waals surface area (Å²) >= 11 is 6.19. The molecule has 1 aliphatic rings. The van der Waals surface area contributed by atoms with E-state index in [-0.39, 0.29) is 44.0 Å². The van der Waals surface area contributed by atoms with Crippen molar-refractivity contribution < 1.29 is 33.4 Å². The summed E-state index contributed by atoms with van der Waals surface area (Å²) in [6.07, 6.45) is 3.65. The van der Waals surface area contributed by atoms with Crippen LogP contribution in [0.5, 0.6) is 0 Å². The van der Waals surface area contributed by atoms with Crippen LogP contribution in [0.3, 0.4) is 0 Å². The normalized spacial score (nSPS) is 12.1. The number of carbonyl (C=O) groups is 5. The van der Waals surface area contributed by atoms with Crippen LogP contribution >= 0.6 is 11.6 Å². The van der Waals surface area contributed by atoms with Crippen molar-refractivity contribution in [3.8, 4) is 23.5 Å². The predicted octanol–water partition coefficient (Wildman–Crippen LogP) is 4.36. The van der Waals surface area contributed by atoms with Gasteiger partial charge in [0.25, 0.3) is 0 Å². The molecule has 0 radical (unpaired) electrons. The van der Waals surface area contributed by atoms with Gasteiger partial charge in [0.1, 0.15) is 19.2 Å². The fourth-order valence-corrected chi connectivity index (χ4v) is 5.82. The molecule has 50 heavy (non-hydrogen) atoms. The molecule has 3 aromatic carbocycles. The summed E-state index contributed by atoms with van der Waals surface area (Å²) in [5.74, 6) is 0.190. The smallest absolute Gasteiger partial charge is 0.409 e. The molecule has 0 aromatic heterocycles. The number of carbonyl (C=O) groups excluding carboxylic acids is 5. The molecule has 1 aliphatic carbocycles. The number of rotatable bonds is 14. The Labute approximate surface area is 296 Å². The minimum Gasteiger partial charge on any atom is -0.448 e. The van der Waals surface area contributed by atoms with E-state index in [4.69, 9.17) is 22.8 Å². The Morgan fingerprint density at radius 3 is 2.14 bits per heavy atom. The molecule has 0 heterocycles. The number of alkyl halides is 1. The lowest BCUT2D eigenvalue weighted by molar-refractivity contribution is -0.130. The summed E-state index contributed by atoms with van der Waals surface area (Å²) in [4.78, 5) is 64.0. The monoisotopic (exact) mass is 701 g/mol. The third-order valence-corrected chi connectivity index (χ3v) is 8.35. The number of halogens is 1. The van der Waals surface area contributed by atoms with E-state index in [0.29, 0.717) is 11.3 Å². The van der Waals surface area contributed by atoms with Crippen molar-refractivity contribution >= 4 is 47.2 Å². The lowest BCUT2D eigenvalue weighted by atomic mass is 9.98. The second kappa shape index (κ2) is 17.7. The van der Waals surface area contributed by atoms with Crippen molar-refractivity contribution in [2.75, 3.05) is 38.7 Å². The van der Waals surface area contributed by atoms with Crippen molar-refractivity contribution in [1.82, 2.24) is 20.9 Å². The Bertz CT molecular complexity index is 1730. The Morgan fingerprint density at radius 1 is 0.880 bits per heavy atom. The molecule has 4 N–H and O–H groups in total. The number of nitrogens with one attached hydrogen (secondary N) is 4. The zero-order valence-electron chi connectivity index (χ0n) is 28.1. The van der Waals surface area contributed by atoms with Gasteiger partial charge >= 0.3 is 12.2 Å². The van der Waals surface area contributed by atoms with Gasteiger partial charge in [-0.1, -0.05) is 74.4 Å². The zero-order chi connectivity index (χ0) is 36.2. The Kier molecular flexibility index (Phi) is 13.2. The number of hydrogen-bond acceptors (Lipinski definition) is 7. The van der Waals surface area contributed by atoms with Crippen LogP contribution in [0.25, 0.3) is 11.1 Å². The van der Waals surface area contributed by atoms with Crippen molar-refractivity contribution in [2.45, 2.75) is 38.2 Å². The van der Waals surface area contributed by atoms with Crippen LogP contribution in [-0.2, 0) is 36.3 Å². The van der Waals surface area contributed by atoms with Crippen molar-refractivity contribution in [1.29, 1.82) is 0 Å². The average Bonchev–Trinajstić information content (AvgIpc) is 3.43. The van der Waals surface area contributed by atoms with Crippen LogP contribution in [0.15, 0.2) is 66.7 Å². The number of alkyl carbamates (subject to hydrolysis) is 1. The van der Waals surface area contributed by atoms with Crippen molar-refractivity contribution in [3.05, 3.63) is 89.0 Å². The molecule has 4 rings (SSSR count). The summed E-state index contributed by atoms with van der Waals surface area (Å²) in [5, 5.41) is 10.0. The molecule has 3 aromatic rings. The first-order valence-corrected chi connectivity index (χ1v) is 16.5. The van der Waals surface area contributed by atoms with Gasteiger partial charge in [0.2, 0.25) is 17.7 Å². The standard InChI is InChI=1S/C37H40ClN5O7/c1-5-16-49-36(47)40-20-33(45)42-34(23(2)3)35(46)39-19-32(44)41-26-15-14-24(18-38)25(17-26)21-43(4)37(48)50-22-31-29-12-8-6-10-27(29)28-11-7-9-13-30(28)31/h1,6-15,17,23,31,34H,16,18-22H2,2-4H3,(H,39,46)(H,40,47)(H,41,44)(H,42,45). The maximum absolute atomic E-state index is 13.1. The maximum Gasteiger partial charge on any atom is 0.409 e. The minimum atomic E-state index is -0.970. The highest BCUT2D eigenvalue weighted by atomic mass is 35.5. The van der Waals surface area contributed by atoms with Gasteiger partial charge in [0.05, 0.1) is 6.54 Å². The van der Waals surface area contributed by atoms with Crippen LogP contribution in [0.1, 0.15) is 42.0 Å². The van der Waals surface area contributed by atoms with Crippen LogP contribution in [0, 0.1) is 18.3 Å². The summed E-state index contributed by atoms with van der Waals surface area (Å²) in [6, 6.07) is 20.4. The molecule has 0 saturated carbocycles. The lowest BCUT2D eigenvalue weighted by Gasteiger charge is -2.22. The number of benzene rings is 3. The van der Waals surface area contributed by atoms with Gasteiger partial charge in [-0.15, -0.1) is 18.0 Å². The second-order valence-electron chi connectivity index (χ2n) is 12.0. The summed E-state index contributed by atoms with van der Waals surface area (Å²) in [6.45, 7) is 2.74. The van der Waals surface area contributed by atoms with Crippen molar-refractivity contribution in [3.63, 3.8) is 0 Å². The van der Waals surface area contributed by atoms with Crippen LogP contribution in [0.4, 0.5) is 15.3 Å². The van der Waals surface area contributed by atoms with Gasteiger partial charge in [-0.25, -0.2) is 9.59 Å².